The molecule has 4 N–H and O–H groups in total. The summed E-state index contributed by atoms with van der Waals surface area (Å²) in [6.45, 7) is 11.7. The zero-order valence-corrected chi connectivity index (χ0v) is 25.5. The van der Waals surface area contributed by atoms with Crippen molar-refractivity contribution in [2.24, 2.45) is 5.73 Å². The van der Waals surface area contributed by atoms with Gasteiger partial charge in [-0.05, 0) is 44.7 Å². The molecule has 1 fully saturated rings. The number of benzene rings is 2. The third kappa shape index (κ3) is 12.0. The van der Waals surface area contributed by atoms with Crippen molar-refractivity contribution in [1.29, 1.82) is 0 Å². The molecule has 2 atom stereocenters. The van der Waals surface area contributed by atoms with Gasteiger partial charge in [-0.25, -0.2) is 4.98 Å². The first kappa shape index (κ1) is 37.0. The molecule has 2 aromatic carbocycles. The maximum atomic E-state index is 13.1. The van der Waals surface area contributed by atoms with Crippen LogP contribution in [0.4, 0.5) is 5.82 Å². The number of imidazole rings is 1. The maximum Gasteiger partial charge on any atom is 0.250 e. The van der Waals surface area contributed by atoms with Gasteiger partial charge in [-0.3, -0.25) is 14.4 Å². The van der Waals surface area contributed by atoms with Crippen LogP contribution >= 0.6 is 0 Å². The van der Waals surface area contributed by atoms with E-state index in [1.54, 1.807) is 30.9 Å². The molecule has 2 heterocycles. The Balaban J connectivity index is 0.000000415. The molecule has 3 amide bonds. The number of nitrogens with zero attached hydrogens (tertiary/aromatic N) is 3. The van der Waals surface area contributed by atoms with Gasteiger partial charge in [0.2, 0.25) is 12.3 Å². The van der Waals surface area contributed by atoms with Gasteiger partial charge in [-0.15, -0.1) is 0 Å². The average molecular weight is 595 g/mol. The number of likely N-dealkylation sites (tertiary alicyclic amines) is 1. The average Bonchev–Trinajstić information content (AvgIpc) is 3.64. The molecule has 0 radical (unpaired) electrons. The summed E-state index contributed by atoms with van der Waals surface area (Å²) in [5.41, 5.74) is 6.83. The predicted octanol–water partition coefficient (Wildman–Crippen LogP) is 4.77. The number of nitrogens with one attached hydrogen (secondary N) is 2. The summed E-state index contributed by atoms with van der Waals surface area (Å²) in [6.07, 6.45) is 5.92. The molecule has 236 valence electrons. The summed E-state index contributed by atoms with van der Waals surface area (Å²) in [6, 6.07) is 19.3. The van der Waals surface area contributed by atoms with Crippen molar-refractivity contribution in [2.75, 3.05) is 25.0 Å². The molecular weight excluding hydrogens is 544 g/mol. The van der Waals surface area contributed by atoms with Crippen LogP contribution in [0.1, 0.15) is 72.1 Å². The van der Waals surface area contributed by atoms with Gasteiger partial charge in [0.1, 0.15) is 6.04 Å². The van der Waals surface area contributed by atoms with Crippen molar-refractivity contribution < 1.29 is 19.1 Å². The molecule has 0 spiro atoms. The summed E-state index contributed by atoms with van der Waals surface area (Å²) in [7, 11) is 0. The molecule has 10 heteroatoms. The number of nitrogens with two attached hydrogens (primary N) is 1. The Morgan fingerprint density at radius 3 is 2.30 bits per heavy atom. The molecule has 10 nitrogen and oxygen atoms in total. The standard InChI is InChI=1S/C17H20N4O2.C13H20N2O2.C2H6.CH4/c1-13-6-5-9-21(13)17(23)16(14-7-3-2-4-8-14)20-10-15(18-11-20)19-12-22;1-13(2,14)12(16)15-8-9-17-10-11-6-4-3-5-7-11;1-2;/h2-4,7-8,10-13,16H,5-6,9H2,1H3,(H,19,22);3-7H,8-10,14H2,1-2H3,(H,15,16);1-2H3;1H4/t13-,16?;;;/m1.../s1. The van der Waals surface area contributed by atoms with E-state index in [4.69, 9.17) is 10.5 Å². The normalized spacial score (nSPS) is 14.6. The second-order valence-corrected chi connectivity index (χ2v) is 10.3. The Bertz CT molecular complexity index is 1210. The summed E-state index contributed by atoms with van der Waals surface area (Å²) >= 11 is 0. The second kappa shape index (κ2) is 19.2. The molecule has 1 aliphatic rings. The quantitative estimate of drug-likeness (QED) is 0.217. The Morgan fingerprint density at radius 2 is 1.74 bits per heavy atom. The van der Waals surface area contributed by atoms with Crippen LogP contribution in [0.15, 0.2) is 73.2 Å². The number of amides is 3. The van der Waals surface area contributed by atoms with Gasteiger partial charge in [-0.2, -0.15) is 0 Å². The monoisotopic (exact) mass is 594 g/mol. The highest BCUT2D eigenvalue weighted by atomic mass is 16.5. The molecular formula is C33H50N6O4. The van der Waals surface area contributed by atoms with Crippen LogP contribution < -0.4 is 16.4 Å². The first-order valence-electron chi connectivity index (χ1n) is 14.5. The Morgan fingerprint density at radius 1 is 1.12 bits per heavy atom. The van der Waals surface area contributed by atoms with Crippen molar-refractivity contribution >= 4 is 24.0 Å². The lowest BCUT2D eigenvalue weighted by molar-refractivity contribution is -0.134. The lowest BCUT2D eigenvalue weighted by Gasteiger charge is -2.27. The number of carbonyl (C=O) groups is 3. The number of rotatable bonds is 11. The van der Waals surface area contributed by atoms with Crippen molar-refractivity contribution in [1.82, 2.24) is 19.8 Å². The maximum absolute atomic E-state index is 13.1. The minimum absolute atomic E-state index is 0. The molecule has 0 saturated carbocycles. The van der Waals surface area contributed by atoms with E-state index in [1.165, 1.54) is 0 Å². The van der Waals surface area contributed by atoms with Crippen molar-refractivity contribution in [3.05, 3.63) is 84.3 Å². The van der Waals surface area contributed by atoms with Crippen LogP contribution in [-0.2, 0) is 25.7 Å². The van der Waals surface area contributed by atoms with E-state index in [-0.39, 0.29) is 25.3 Å². The van der Waals surface area contributed by atoms with Crippen LogP contribution in [0.25, 0.3) is 0 Å². The molecule has 0 bridgehead atoms. The molecule has 1 aliphatic heterocycles. The third-order valence-corrected chi connectivity index (χ3v) is 6.52. The number of carbonyl (C=O) groups excluding carboxylic acids is 3. The van der Waals surface area contributed by atoms with Crippen molar-refractivity contribution in [3.8, 4) is 0 Å². The fraction of sp³-hybridized carbons (Fsp3) is 0.455. The van der Waals surface area contributed by atoms with E-state index < -0.39 is 11.6 Å². The lowest BCUT2D eigenvalue weighted by Crippen LogP contribution is -2.49. The fourth-order valence-electron chi connectivity index (χ4n) is 4.34. The van der Waals surface area contributed by atoms with E-state index in [9.17, 15) is 14.4 Å². The topological polar surface area (TPSA) is 132 Å². The van der Waals surface area contributed by atoms with Crippen LogP contribution in [0.3, 0.4) is 0 Å². The van der Waals surface area contributed by atoms with E-state index in [2.05, 4.69) is 22.5 Å². The number of hydrogen-bond acceptors (Lipinski definition) is 6. The van der Waals surface area contributed by atoms with Gasteiger partial charge in [0.15, 0.2) is 5.82 Å². The van der Waals surface area contributed by atoms with E-state index >= 15 is 0 Å². The van der Waals surface area contributed by atoms with Gasteiger partial charge in [-0.1, -0.05) is 81.9 Å². The summed E-state index contributed by atoms with van der Waals surface area (Å²) < 4.78 is 7.19. The van der Waals surface area contributed by atoms with E-state index in [0.29, 0.717) is 32.0 Å². The third-order valence-electron chi connectivity index (χ3n) is 6.52. The minimum Gasteiger partial charge on any atom is -0.375 e. The highest BCUT2D eigenvalue weighted by Crippen LogP contribution is 2.26. The largest absolute Gasteiger partial charge is 0.375 e. The smallest absolute Gasteiger partial charge is 0.250 e. The fourth-order valence-corrected chi connectivity index (χ4v) is 4.34. The van der Waals surface area contributed by atoms with Crippen LogP contribution in [0.5, 0.6) is 0 Å². The second-order valence-electron chi connectivity index (χ2n) is 10.3. The molecule has 3 aromatic rings. The molecule has 43 heavy (non-hydrogen) atoms. The molecule has 4 rings (SSSR count). The Kier molecular flexibility index (Phi) is 16.5. The van der Waals surface area contributed by atoms with Gasteiger partial charge >= 0.3 is 0 Å². The van der Waals surface area contributed by atoms with Crippen molar-refractivity contribution in [3.63, 3.8) is 0 Å². The minimum atomic E-state index is -0.834. The summed E-state index contributed by atoms with van der Waals surface area (Å²) in [5, 5.41) is 5.23. The Hall–Kier alpha value is -4.02. The van der Waals surface area contributed by atoms with Crippen LogP contribution in [0, 0.1) is 0 Å². The SMILES string of the molecule is C.CC.CC(C)(N)C(=O)NCCOCc1ccccc1.C[C@@H]1CCCN1C(=O)C(c1ccccc1)n1cnc(NC=O)c1. The van der Waals surface area contributed by atoms with Gasteiger partial charge in [0.05, 0.1) is 25.1 Å². The molecule has 1 unspecified atom stereocenters. The highest BCUT2D eigenvalue weighted by molar-refractivity contribution is 5.85. The predicted molar refractivity (Wildman–Crippen MR) is 172 cm³/mol. The van der Waals surface area contributed by atoms with E-state index in [0.717, 1.165) is 30.5 Å². The summed E-state index contributed by atoms with van der Waals surface area (Å²) in [4.78, 5) is 41.2. The first-order valence-corrected chi connectivity index (χ1v) is 14.5. The zero-order valence-electron chi connectivity index (χ0n) is 25.5. The molecule has 1 saturated heterocycles. The highest BCUT2D eigenvalue weighted by Gasteiger charge is 2.32. The summed E-state index contributed by atoms with van der Waals surface area (Å²) in [5.74, 6) is 0.334. The zero-order chi connectivity index (χ0) is 31.0. The van der Waals surface area contributed by atoms with Crippen molar-refractivity contribution in [2.45, 2.75) is 79.1 Å². The Labute approximate surface area is 257 Å². The number of ether oxygens (including phenoxy) is 1. The van der Waals surface area contributed by atoms with Crippen LogP contribution in [-0.4, -0.2) is 64.0 Å². The van der Waals surface area contributed by atoms with Gasteiger partial charge in [0, 0.05) is 25.3 Å². The molecule has 1 aromatic heterocycles. The van der Waals surface area contributed by atoms with Gasteiger partial charge in [0.25, 0.3) is 5.91 Å². The van der Waals surface area contributed by atoms with Crippen LogP contribution in [0.2, 0.25) is 0 Å². The van der Waals surface area contributed by atoms with E-state index in [1.807, 2.05) is 79.4 Å². The number of hydrogen-bond donors (Lipinski definition) is 3. The first-order chi connectivity index (χ1) is 20.2. The molecule has 0 aliphatic carbocycles. The number of anilines is 1. The van der Waals surface area contributed by atoms with Gasteiger partial charge < -0.3 is 30.6 Å². The number of aromatic nitrogens is 2. The lowest BCUT2D eigenvalue weighted by atomic mass is 10.0.